The predicted octanol–water partition coefficient (Wildman–Crippen LogP) is 6.22. The van der Waals surface area contributed by atoms with E-state index in [2.05, 4.69) is 66.5 Å². The van der Waals surface area contributed by atoms with Crippen LogP contribution in [0.4, 0.5) is 0 Å². The van der Waals surface area contributed by atoms with Crippen LogP contribution in [0.1, 0.15) is 107 Å². The lowest BCUT2D eigenvalue weighted by molar-refractivity contribution is -0.112. The van der Waals surface area contributed by atoms with E-state index in [0.717, 1.165) is 25.0 Å². The number of nitrogens with one attached hydrogen (secondary N) is 1. The molecule has 2 aliphatic rings. The molecule has 0 unspecified atom stereocenters. The van der Waals surface area contributed by atoms with Crippen molar-refractivity contribution in [3.8, 4) is 0 Å². The summed E-state index contributed by atoms with van der Waals surface area (Å²) in [5, 5.41) is 16.1. The summed E-state index contributed by atoms with van der Waals surface area (Å²) in [6.45, 7) is 13.2. The Kier molecular flexibility index (Phi) is 13.4. The summed E-state index contributed by atoms with van der Waals surface area (Å²) >= 11 is 0. The van der Waals surface area contributed by atoms with Crippen molar-refractivity contribution in [3.05, 3.63) is 70.3 Å². The van der Waals surface area contributed by atoms with Crippen molar-refractivity contribution in [3.63, 3.8) is 0 Å². The third kappa shape index (κ3) is 8.76. The summed E-state index contributed by atoms with van der Waals surface area (Å²) in [5.41, 5.74) is 8.08. The number of carbonyl (C=O) groups is 1. The Morgan fingerprint density at radius 1 is 1.13 bits per heavy atom. The molecule has 39 heavy (non-hydrogen) atoms. The second kappa shape index (κ2) is 16.2. The van der Waals surface area contributed by atoms with Crippen LogP contribution in [0.15, 0.2) is 52.6 Å². The van der Waals surface area contributed by atoms with E-state index in [1.807, 2.05) is 32.9 Å². The molecule has 2 aliphatic carbocycles. The fourth-order valence-corrected chi connectivity index (χ4v) is 5.29. The van der Waals surface area contributed by atoms with Gasteiger partial charge >= 0.3 is 0 Å². The van der Waals surface area contributed by atoms with Gasteiger partial charge in [0.15, 0.2) is 0 Å². The topological polar surface area (TPSA) is 100 Å². The Labute approximate surface area is 236 Å². The van der Waals surface area contributed by atoms with Crippen molar-refractivity contribution in [2.45, 2.75) is 117 Å². The number of aryl methyl sites for hydroxylation is 2. The maximum absolute atomic E-state index is 10.3. The zero-order valence-corrected chi connectivity index (χ0v) is 24.9. The summed E-state index contributed by atoms with van der Waals surface area (Å²) in [6.07, 6.45) is 10.1. The smallest absolute Gasteiger partial charge is 0.207 e. The molecule has 6 nitrogen and oxygen atoms in total. The molecule has 4 N–H and O–H groups in total. The standard InChI is InChI=1S/C18H27N3.C13H17NO2.C2H6/c1-4-6-16-11-15(13-20-12-14(3)21-19)7-8-17(16)18(5-2)9-10-18;1-2-9-4-3-5-10(6-9)11-7-12(13(11)16)14-8-15;1-2/h7-8,11-12H,4-6,9-10,13,19H2,1-3H3;3-6,8,11-13,16H,2,7H2,1H3,(H,14,15);1-2H3/b20-12?,21-14-;;/t;11-,12-,13-;/m.0./s1. The van der Waals surface area contributed by atoms with Gasteiger partial charge in [0.25, 0.3) is 0 Å². The lowest BCUT2D eigenvalue weighted by Crippen LogP contribution is -2.52. The number of amides is 1. The molecule has 0 saturated heterocycles. The lowest BCUT2D eigenvalue weighted by Gasteiger charge is -2.41. The van der Waals surface area contributed by atoms with Crippen molar-refractivity contribution >= 4 is 18.3 Å². The average molecular weight is 535 g/mol. The molecule has 0 radical (unpaired) electrons. The van der Waals surface area contributed by atoms with Gasteiger partial charge in [-0.15, -0.1) is 0 Å². The van der Waals surface area contributed by atoms with E-state index in [1.165, 1.54) is 47.9 Å². The normalized spacial score (nSPS) is 21.1. The zero-order chi connectivity index (χ0) is 28.8. The number of aliphatic hydroxyl groups is 1. The minimum atomic E-state index is -0.447. The first-order valence-corrected chi connectivity index (χ1v) is 14.7. The van der Waals surface area contributed by atoms with Crippen molar-refractivity contribution in [1.29, 1.82) is 0 Å². The minimum Gasteiger partial charge on any atom is -0.390 e. The van der Waals surface area contributed by atoms with E-state index in [9.17, 15) is 9.90 Å². The monoisotopic (exact) mass is 534 g/mol. The van der Waals surface area contributed by atoms with E-state index in [1.54, 1.807) is 11.8 Å². The molecular formula is C33H50N4O2. The number of aliphatic hydroxyl groups excluding tert-OH is 1. The Morgan fingerprint density at radius 3 is 2.44 bits per heavy atom. The highest BCUT2D eigenvalue weighted by atomic mass is 16.3. The van der Waals surface area contributed by atoms with E-state index < -0.39 is 6.10 Å². The van der Waals surface area contributed by atoms with Crippen LogP contribution in [-0.2, 0) is 29.6 Å². The summed E-state index contributed by atoms with van der Waals surface area (Å²) in [5.74, 6) is 5.37. The molecule has 2 aromatic carbocycles. The number of hydrogen-bond donors (Lipinski definition) is 3. The van der Waals surface area contributed by atoms with Crippen LogP contribution in [0.2, 0.25) is 0 Å². The molecule has 2 fully saturated rings. The molecule has 1 amide bonds. The molecule has 6 heteroatoms. The summed E-state index contributed by atoms with van der Waals surface area (Å²) in [4.78, 5) is 14.7. The Morgan fingerprint density at radius 2 is 1.87 bits per heavy atom. The maximum atomic E-state index is 10.3. The van der Waals surface area contributed by atoms with Gasteiger partial charge in [0, 0.05) is 12.1 Å². The number of hydrogen-bond acceptors (Lipinski definition) is 5. The van der Waals surface area contributed by atoms with Crippen molar-refractivity contribution in [2.24, 2.45) is 15.9 Å². The lowest BCUT2D eigenvalue weighted by atomic mass is 9.72. The Balaban J connectivity index is 0.000000265. The number of benzene rings is 2. The quantitative estimate of drug-likeness (QED) is 0.138. The Bertz CT molecular complexity index is 1090. The molecule has 0 aliphatic heterocycles. The number of hydrazone groups is 1. The van der Waals surface area contributed by atoms with Gasteiger partial charge in [-0.3, -0.25) is 9.79 Å². The van der Waals surface area contributed by atoms with Gasteiger partial charge in [-0.2, -0.15) is 5.10 Å². The number of carbonyl (C=O) groups excluding carboxylic acids is 1. The van der Waals surface area contributed by atoms with Gasteiger partial charge < -0.3 is 16.3 Å². The molecule has 0 bridgehead atoms. The number of rotatable bonds is 11. The van der Waals surface area contributed by atoms with Gasteiger partial charge in [0.05, 0.1) is 24.4 Å². The number of aliphatic imine (C=N–C) groups is 1. The van der Waals surface area contributed by atoms with Crippen molar-refractivity contribution < 1.29 is 9.90 Å². The van der Waals surface area contributed by atoms with E-state index in [4.69, 9.17) is 5.84 Å². The summed E-state index contributed by atoms with van der Waals surface area (Å²) in [6, 6.07) is 15.2. The van der Waals surface area contributed by atoms with Crippen LogP contribution in [0.25, 0.3) is 0 Å². The van der Waals surface area contributed by atoms with Crippen LogP contribution in [0.3, 0.4) is 0 Å². The molecular weight excluding hydrogens is 484 g/mol. The molecule has 2 aromatic rings. The fraction of sp³-hybridized carbons (Fsp3) is 0.545. The fourth-order valence-electron chi connectivity index (χ4n) is 5.29. The third-order valence-corrected chi connectivity index (χ3v) is 7.95. The molecule has 214 valence electrons. The van der Waals surface area contributed by atoms with Gasteiger partial charge in [0.2, 0.25) is 6.41 Å². The highest BCUT2D eigenvalue weighted by Gasteiger charge is 2.43. The van der Waals surface area contributed by atoms with Crippen LogP contribution in [-0.4, -0.2) is 35.6 Å². The number of nitrogens with zero attached hydrogens (tertiary/aromatic N) is 2. The number of nitrogens with two attached hydrogens (primary N) is 1. The molecule has 0 spiro atoms. The minimum absolute atomic E-state index is 0.0761. The van der Waals surface area contributed by atoms with E-state index in [-0.39, 0.29) is 12.0 Å². The second-order valence-corrected chi connectivity index (χ2v) is 10.4. The van der Waals surface area contributed by atoms with Crippen molar-refractivity contribution in [1.82, 2.24) is 5.32 Å². The average Bonchev–Trinajstić information content (AvgIpc) is 3.77. The molecule has 3 atom stereocenters. The van der Waals surface area contributed by atoms with Gasteiger partial charge in [0.1, 0.15) is 0 Å². The largest absolute Gasteiger partial charge is 0.390 e. The van der Waals surface area contributed by atoms with Gasteiger partial charge in [-0.1, -0.05) is 83.5 Å². The zero-order valence-electron chi connectivity index (χ0n) is 24.9. The van der Waals surface area contributed by atoms with Crippen LogP contribution in [0.5, 0.6) is 0 Å². The van der Waals surface area contributed by atoms with E-state index >= 15 is 0 Å². The summed E-state index contributed by atoms with van der Waals surface area (Å²) < 4.78 is 0. The SMILES string of the molecule is CC.CCCc1cc(CN=C/C(C)=N\N)ccc1C1(CC)CC1.CCc1cccc([C@@H]2C[C@H](NC=O)[C@H]2O)c1. The van der Waals surface area contributed by atoms with Gasteiger partial charge in [-0.25, -0.2) is 0 Å². The van der Waals surface area contributed by atoms with Crippen LogP contribution in [0, 0.1) is 0 Å². The first-order chi connectivity index (χ1) is 18.9. The van der Waals surface area contributed by atoms with Crippen LogP contribution >= 0.6 is 0 Å². The molecule has 2 saturated carbocycles. The first kappa shape index (κ1) is 32.2. The third-order valence-electron chi connectivity index (χ3n) is 7.95. The predicted molar refractivity (Wildman–Crippen MR) is 165 cm³/mol. The Hall–Kier alpha value is -2.99. The highest BCUT2D eigenvalue weighted by molar-refractivity contribution is 6.29. The molecule has 0 heterocycles. The highest BCUT2D eigenvalue weighted by Crippen LogP contribution is 2.52. The molecule has 0 aromatic heterocycles. The van der Waals surface area contributed by atoms with E-state index in [0.29, 0.717) is 18.4 Å². The van der Waals surface area contributed by atoms with Crippen LogP contribution < -0.4 is 11.2 Å². The second-order valence-electron chi connectivity index (χ2n) is 10.4. The van der Waals surface area contributed by atoms with Gasteiger partial charge in [-0.05, 0) is 78.7 Å². The maximum Gasteiger partial charge on any atom is 0.207 e. The summed E-state index contributed by atoms with van der Waals surface area (Å²) in [7, 11) is 0. The molecule has 4 rings (SSSR count). The first-order valence-electron chi connectivity index (χ1n) is 14.7. The van der Waals surface area contributed by atoms with Crippen molar-refractivity contribution in [2.75, 3.05) is 0 Å².